The first-order valence-corrected chi connectivity index (χ1v) is 8.08. The number of nitrogens with one attached hydrogen (secondary N) is 1. The number of hydrogen-bond donors (Lipinski definition) is 2. The number of rotatable bonds is 5. The van der Waals surface area contributed by atoms with Crippen molar-refractivity contribution in [2.75, 3.05) is 24.6 Å². The molecule has 1 aliphatic rings. The summed E-state index contributed by atoms with van der Waals surface area (Å²) in [7, 11) is 0. The van der Waals surface area contributed by atoms with E-state index in [9.17, 15) is 5.11 Å². The van der Waals surface area contributed by atoms with Gasteiger partial charge in [-0.05, 0) is 30.5 Å². The van der Waals surface area contributed by atoms with Crippen LogP contribution in [-0.4, -0.2) is 30.8 Å². The molecule has 1 fully saturated rings. The van der Waals surface area contributed by atoms with Crippen LogP contribution < -0.4 is 10.2 Å². The minimum Gasteiger partial charge on any atom is -0.394 e. The Bertz CT molecular complexity index is 550. The van der Waals surface area contributed by atoms with Crippen LogP contribution in [0.3, 0.4) is 0 Å². The van der Waals surface area contributed by atoms with E-state index < -0.39 is 0 Å². The largest absolute Gasteiger partial charge is 0.394 e. The number of anilines is 1. The highest BCUT2D eigenvalue weighted by Gasteiger charge is 2.22. The Hall–Kier alpha value is -1.84. The summed E-state index contributed by atoms with van der Waals surface area (Å²) in [5.74, 6) is 0. The molecule has 0 amide bonds. The van der Waals surface area contributed by atoms with Gasteiger partial charge in [0, 0.05) is 24.8 Å². The molecule has 1 saturated heterocycles. The average molecular weight is 296 g/mol. The lowest BCUT2D eigenvalue weighted by molar-refractivity contribution is 0.225. The van der Waals surface area contributed by atoms with Crippen molar-refractivity contribution < 1.29 is 5.11 Å². The van der Waals surface area contributed by atoms with Crippen LogP contribution >= 0.6 is 0 Å². The molecule has 1 atom stereocenters. The third kappa shape index (κ3) is 3.67. The third-order valence-corrected chi connectivity index (χ3v) is 4.44. The molecule has 0 spiro atoms. The fourth-order valence-corrected chi connectivity index (χ4v) is 3.17. The van der Waals surface area contributed by atoms with Gasteiger partial charge in [0.25, 0.3) is 0 Å². The highest BCUT2D eigenvalue weighted by molar-refractivity contribution is 5.46. The fraction of sp³-hybridized carbons (Fsp3) is 0.368. The molecule has 22 heavy (non-hydrogen) atoms. The monoisotopic (exact) mass is 296 g/mol. The zero-order chi connectivity index (χ0) is 15.2. The lowest BCUT2D eigenvalue weighted by atomic mass is 10.0. The zero-order valence-electron chi connectivity index (χ0n) is 12.9. The number of aliphatic hydroxyl groups excluding tert-OH is 1. The Labute approximate surface area is 132 Å². The van der Waals surface area contributed by atoms with Crippen LogP contribution in [0.1, 0.15) is 24.4 Å². The van der Waals surface area contributed by atoms with E-state index in [0.717, 1.165) is 31.5 Å². The Morgan fingerprint density at radius 2 is 1.55 bits per heavy atom. The molecule has 1 heterocycles. The Kier molecular flexibility index (Phi) is 5.09. The van der Waals surface area contributed by atoms with Crippen LogP contribution in [0, 0.1) is 0 Å². The normalized spacial score (nSPS) is 17.4. The highest BCUT2D eigenvalue weighted by Crippen LogP contribution is 2.21. The first kappa shape index (κ1) is 15.1. The molecule has 0 radical (unpaired) electrons. The second kappa shape index (κ2) is 7.43. The Balaban J connectivity index is 1.55. The van der Waals surface area contributed by atoms with E-state index in [1.807, 2.05) is 18.2 Å². The van der Waals surface area contributed by atoms with Crippen LogP contribution in [0.25, 0.3) is 0 Å². The van der Waals surface area contributed by atoms with Crippen LogP contribution in [0.15, 0.2) is 60.7 Å². The summed E-state index contributed by atoms with van der Waals surface area (Å²) in [6, 6.07) is 21.3. The molecule has 2 aromatic carbocycles. The van der Waals surface area contributed by atoms with Crippen molar-refractivity contribution in [3.05, 3.63) is 66.2 Å². The molecule has 116 valence electrons. The molecule has 1 aliphatic heterocycles. The molecular weight excluding hydrogens is 272 g/mol. The maximum Gasteiger partial charge on any atom is 0.0626 e. The van der Waals surface area contributed by atoms with Gasteiger partial charge in [-0.2, -0.15) is 0 Å². The number of aliphatic hydroxyl groups is 1. The van der Waals surface area contributed by atoms with Gasteiger partial charge in [0.2, 0.25) is 0 Å². The lowest BCUT2D eigenvalue weighted by Crippen LogP contribution is -2.44. The van der Waals surface area contributed by atoms with Gasteiger partial charge >= 0.3 is 0 Å². The van der Waals surface area contributed by atoms with E-state index in [1.165, 1.54) is 5.69 Å². The van der Waals surface area contributed by atoms with E-state index >= 15 is 0 Å². The quantitative estimate of drug-likeness (QED) is 0.890. The van der Waals surface area contributed by atoms with Crippen molar-refractivity contribution in [1.29, 1.82) is 0 Å². The topological polar surface area (TPSA) is 35.5 Å². The molecule has 0 bridgehead atoms. The number of piperidine rings is 1. The zero-order valence-corrected chi connectivity index (χ0v) is 12.9. The van der Waals surface area contributed by atoms with Crippen molar-refractivity contribution in [1.82, 2.24) is 5.32 Å². The summed E-state index contributed by atoms with van der Waals surface area (Å²) in [6.45, 7) is 2.27. The lowest BCUT2D eigenvalue weighted by Gasteiger charge is -2.35. The van der Waals surface area contributed by atoms with Gasteiger partial charge in [0.1, 0.15) is 0 Å². The van der Waals surface area contributed by atoms with E-state index in [-0.39, 0.29) is 12.6 Å². The number of para-hydroxylation sites is 1. The van der Waals surface area contributed by atoms with Gasteiger partial charge in [-0.25, -0.2) is 0 Å². The number of benzene rings is 2. The highest BCUT2D eigenvalue weighted by atomic mass is 16.3. The van der Waals surface area contributed by atoms with Gasteiger partial charge < -0.3 is 15.3 Å². The van der Waals surface area contributed by atoms with Crippen LogP contribution in [0.2, 0.25) is 0 Å². The Morgan fingerprint density at radius 3 is 2.14 bits per heavy atom. The van der Waals surface area contributed by atoms with E-state index in [4.69, 9.17) is 0 Å². The van der Waals surface area contributed by atoms with E-state index in [1.54, 1.807) is 0 Å². The first-order valence-electron chi connectivity index (χ1n) is 8.08. The second-order valence-electron chi connectivity index (χ2n) is 5.91. The average Bonchev–Trinajstić information content (AvgIpc) is 2.62. The summed E-state index contributed by atoms with van der Waals surface area (Å²) in [5, 5.41) is 13.3. The molecule has 0 aromatic heterocycles. The SMILES string of the molecule is OCC(NC1CCN(c2ccccc2)CC1)c1ccccc1. The molecule has 0 aliphatic carbocycles. The molecule has 2 aromatic rings. The van der Waals surface area contributed by atoms with Crippen molar-refractivity contribution in [2.45, 2.75) is 24.9 Å². The van der Waals surface area contributed by atoms with Crippen LogP contribution in [-0.2, 0) is 0 Å². The molecular formula is C19H24N2O. The van der Waals surface area contributed by atoms with Crippen molar-refractivity contribution in [2.24, 2.45) is 0 Å². The van der Waals surface area contributed by atoms with Gasteiger partial charge in [-0.3, -0.25) is 0 Å². The van der Waals surface area contributed by atoms with E-state index in [2.05, 4.69) is 52.7 Å². The van der Waals surface area contributed by atoms with Crippen LogP contribution in [0.5, 0.6) is 0 Å². The summed E-state index contributed by atoms with van der Waals surface area (Å²) < 4.78 is 0. The minimum absolute atomic E-state index is 0.0366. The molecule has 1 unspecified atom stereocenters. The molecule has 3 rings (SSSR count). The summed E-state index contributed by atoms with van der Waals surface area (Å²) >= 11 is 0. The van der Waals surface area contributed by atoms with Crippen molar-refractivity contribution in [3.8, 4) is 0 Å². The smallest absolute Gasteiger partial charge is 0.0626 e. The van der Waals surface area contributed by atoms with Gasteiger partial charge in [-0.15, -0.1) is 0 Å². The van der Waals surface area contributed by atoms with Gasteiger partial charge in [-0.1, -0.05) is 48.5 Å². The summed E-state index contributed by atoms with van der Waals surface area (Å²) in [5.41, 5.74) is 2.47. The molecule has 3 heteroatoms. The maximum absolute atomic E-state index is 9.67. The van der Waals surface area contributed by atoms with Crippen molar-refractivity contribution >= 4 is 5.69 Å². The molecule has 3 nitrogen and oxygen atoms in total. The third-order valence-electron chi connectivity index (χ3n) is 4.44. The predicted octanol–water partition coefficient (Wildman–Crippen LogP) is 2.98. The maximum atomic E-state index is 9.67. The van der Waals surface area contributed by atoms with Gasteiger partial charge in [0.15, 0.2) is 0 Å². The van der Waals surface area contributed by atoms with Crippen molar-refractivity contribution in [3.63, 3.8) is 0 Å². The predicted molar refractivity (Wildman–Crippen MR) is 91.1 cm³/mol. The minimum atomic E-state index is 0.0366. The number of hydrogen-bond acceptors (Lipinski definition) is 3. The first-order chi connectivity index (χ1) is 10.9. The Morgan fingerprint density at radius 1 is 0.955 bits per heavy atom. The number of nitrogens with zero attached hydrogens (tertiary/aromatic N) is 1. The second-order valence-corrected chi connectivity index (χ2v) is 5.91. The summed E-state index contributed by atoms with van der Waals surface area (Å²) in [6.07, 6.45) is 2.22. The van der Waals surface area contributed by atoms with Crippen LogP contribution in [0.4, 0.5) is 5.69 Å². The molecule has 0 saturated carbocycles. The fourth-order valence-electron chi connectivity index (χ4n) is 3.17. The van der Waals surface area contributed by atoms with E-state index in [0.29, 0.717) is 6.04 Å². The molecule has 2 N–H and O–H groups in total. The standard InChI is InChI=1S/C19H24N2O/c22-15-19(16-7-3-1-4-8-16)20-17-11-13-21(14-12-17)18-9-5-2-6-10-18/h1-10,17,19-20,22H,11-15H2. The summed E-state index contributed by atoms with van der Waals surface area (Å²) in [4.78, 5) is 2.44. The van der Waals surface area contributed by atoms with Gasteiger partial charge in [0.05, 0.1) is 12.6 Å².